The summed E-state index contributed by atoms with van der Waals surface area (Å²) in [5, 5.41) is 3.35. The van der Waals surface area contributed by atoms with Crippen LogP contribution in [0, 0.1) is 0 Å². The van der Waals surface area contributed by atoms with Gasteiger partial charge in [0.1, 0.15) is 0 Å². The van der Waals surface area contributed by atoms with E-state index in [1.165, 1.54) is 11.1 Å². The van der Waals surface area contributed by atoms with E-state index in [2.05, 4.69) is 45.1 Å². The van der Waals surface area contributed by atoms with E-state index < -0.39 is 5.72 Å². The molecule has 0 unspecified atom stereocenters. The van der Waals surface area contributed by atoms with Crippen LogP contribution in [0.25, 0.3) is 0 Å². The number of nitrogens with one attached hydrogen (secondary N) is 1. The number of anilines is 1. The minimum atomic E-state index is -0.948. The van der Waals surface area contributed by atoms with Crippen molar-refractivity contribution in [1.82, 2.24) is 5.32 Å². The Kier molecular flexibility index (Phi) is 2.80. The standard InChI is InChI=1S/C18H24N2O2/c1-5-12-8-13-11(2)10-17(3,4)20-15(13)14(9-12)18(16(20)21)19-6-7-22-18/h8-9,11,19H,5-7,10H2,1-4H3/t11-,18-/m0/s1. The second-order valence-corrected chi connectivity index (χ2v) is 7.45. The van der Waals surface area contributed by atoms with Gasteiger partial charge in [-0.15, -0.1) is 0 Å². The summed E-state index contributed by atoms with van der Waals surface area (Å²) in [7, 11) is 0. The zero-order valence-corrected chi connectivity index (χ0v) is 13.8. The second kappa shape index (κ2) is 4.33. The molecule has 4 heteroatoms. The summed E-state index contributed by atoms with van der Waals surface area (Å²) in [4.78, 5) is 15.3. The zero-order chi connectivity index (χ0) is 15.7. The molecule has 2 atom stereocenters. The van der Waals surface area contributed by atoms with Gasteiger partial charge in [0.2, 0.25) is 5.72 Å². The lowest BCUT2D eigenvalue weighted by Crippen LogP contribution is -2.55. The number of rotatable bonds is 1. The van der Waals surface area contributed by atoms with Gasteiger partial charge in [-0.2, -0.15) is 0 Å². The first kappa shape index (κ1) is 14.2. The molecule has 118 valence electrons. The van der Waals surface area contributed by atoms with Crippen LogP contribution in [0.1, 0.15) is 56.7 Å². The third kappa shape index (κ3) is 1.57. The van der Waals surface area contributed by atoms with E-state index in [-0.39, 0.29) is 11.4 Å². The van der Waals surface area contributed by atoms with Gasteiger partial charge in [0.05, 0.1) is 12.3 Å². The number of benzene rings is 1. The summed E-state index contributed by atoms with van der Waals surface area (Å²) in [6.07, 6.45) is 1.95. The molecule has 1 aromatic carbocycles. The van der Waals surface area contributed by atoms with Gasteiger partial charge < -0.3 is 9.64 Å². The van der Waals surface area contributed by atoms with Crippen molar-refractivity contribution in [2.75, 3.05) is 18.1 Å². The average molecular weight is 300 g/mol. The number of fused-ring (bicyclic) bond motifs is 1. The van der Waals surface area contributed by atoms with E-state index in [1.54, 1.807) is 0 Å². The van der Waals surface area contributed by atoms with Crippen LogP contribution in [0.4, 0.5) is 5.69 Å². The Hall–Kier alpha value is -1.39. The molecule has 0 bridgehead atoms. The van der Waals surface area contributed by atoms with E-state index >= 15 is 0 Å². The highest BCUT2D eigenvalue weighted by atomic mass is 16.5. The molecule has 1 fully saturated rings. The molecule has 4 nitrogen and oxygen atoms in total. The summed E-state index contributed by atoms with van der Waals surface area (Å²) in [6, 6.07) is 4.45. The Morgan fingerprint density at radius 2 is 2.18 bits per heavy atom. The Labute approximate surface area is 131 Å². The van der Waals surface area contributed by atoms with Crippen LogP contribution in [-0.2, 0) is 21.7 Å². The quantitative estimate of drug-likeness (QED) is 0.867. The van der Waals surface area contributed by atoms with Crippen molar-refractivity contribution in [1.29, 1.82) is 0 Å². The van der Waals surface area contributed by atoms with Crippen molar-refractivity contribution in [3.63, 3.8) is 0 Å². The number of amides is 1. The minimum Gasteiger partial charge on any atom is -0.346 e. The maximum atomic E-state index is 13.3. The van der Waals surface area contributed by atoms with Gasteiger partial charge in [0.15, 0.2) is 0 Å². The highest BCUT2D eigenvalue weighted by molar-refractivity contribution is 6.09. The van der Waals surface area contributed by atoms with Gasteiger partial charge in [-0.05, 0) is 49.8 Å². The van der Waals surface area contributed by atoms with Crippen LogP contribution in [-0.4, -0.2) is 24.6 Å². The Morgan fingerprint density at radius 3 is 2.82 bits per heavy atom. The van der Waals surface area contributed by atoms with Crippen LogP contribution in [0.15, 0.2) is 12.1 Å². The zero-order valence-electron chi connectivity index (χ0n) is 13.8. The molecule has 1 spiro atoms. The highest BCUT2D eigenvalue weighted by Crippen LogP contribution is 2.54. The maximum Gasteiger partial charge on any atom is 0.280 e. The number of nitrogens with zero attached hydrogens (tertiary/aromatic N) is 1. The van der Waals surface area contributed by atoms with Gasteiger partial charge in [-0.3, -0.25) is 10.1 Å². The highest BCUT2D eigenvalue weighted by Gasteiger charge is 2.59. The fourth-order valence-corrected chi connectivity index (χ4v) is 4.51. The number of hydrogen-bond acceptors (Lipinski definition) is 3. The van der Waals surface area contributed by atoms with E-state index in [0.29, 0.717) is 12.5 Å². The molecule has 0 aliphatic carbocycles. The molecule has 3 heterocycles. The van der Waals surface area contributed by atoms with Crippen LogP contribution in [0.5, 0.6) is 0 Å². The van der Waals surface area contributed by atoms with Gasteiger partial charge in [0.25, 0.3) is 5.91 Å². The second-order valence-electron chi connectivity index (χ2n) is 7.45. The summed E-state index contributed by atoms with van der Waals surface area (Å²) < 4.78 is 5.98. The molecule has 0 saturated carbocycles. The fraction of sp³-hybridized carbons (Fsp3) is 0.611. The summed E-state index contributed by atoms with van der Waals surface area (Å²) in [5.41, 5.74) is 3.59. The molecule has 22 heavy (non-hydrogen) atoms. The van der Waals surface area contributed by atoms with Crippen molar-refractivity contribution in [3.8, 4) is 0 Å². The first-order valence-electron chi connectivity index (χ1n) is 8.31. The van der Waals surface area contributed by atoms with Crippen molar-refractivity contribution >= 4 is 11.6 Å². The number of aryl methyl sites for hydroxylation is 1. The summed E-state index contributed by atoms with van der Waals surface area (Å²) in [6.45, 7) is 10.1. The minimum absolute atomic E-state index is 0.0615. The molecule has 1 saturated heterocycles. The monoisotopic (exact) mass is 300 g/mol. The van der Waals surface area contributed by atoms with Gasteiger partial charge in [0, 0.05) is 17.6 Å². The predicted octanol–water partition coefficient (Wildman–Crippen LogP) is 2.65. The van der Waals surface area contributed by atoms with Gasteiger partial charge >= 0.3 is 0 Å². The predicted molar refractivity (Wildman–Crippen MR) is 86.0 cm³/mol. The first-order chi connectivity index (χ1) is 10.4. The number of carbonyl (C=O) groups is 1. The molecular weight excluding hydrogens is 276 g/mol. The third-order valence-corrected chi connectivity index (χ3v) is 5.45. The molecule has 1 N–H and O–H groups in total. The van der Waals surface area contributed by atoms with Crippen molar-refractivity contribution in [3.05, 3.63) is 28.8 Å². The lowest BCUT2D eigenvalue weighted by atomic mass is 9.79. The topological polar surface area (TPSA) is 41.6 Å². The molecule has 1 aromatic rings. The van der Waals surface area contributed by atoms with E-state index in [0.717, 1.165) is 30.6 Å². The van der Waals surface area contributed by atoms with Crippen molar-refractivity contribution in [2.45, 2.75) is 57.7 Å². The number of ether oxygens (including phenoxy) is 1. The Balaban J connectivity index is 2.03. The van der Waals surface area contributed by atoms with Crippen LogP contribution >= 0.6 is 0 Å². The first-order valence-corrected chi connectivity index (χ1v) is 8.31. The average Bonchev–Trinajstić information content (AvgIpc) is 3.04. The normalized spacial score (nSPS) is 31.9. The maximum absolute atomic E-state index is 13.3. The Bertz CT molecular complexity index is 659. The molecule has 0 radical (unpaired) electrons. The number of hydrogen-bond donors (Lipinski definition) is 1. The molecule has 3 aliphatic rings. The summed E-state index contributed by atoms with van der Waals surface area (Å²) >= 11 is 0. The molecule has 0 aromatic heterocycles. The third-order valence-electron chi connectivity index (χ3n) is 5.45. The lowest BCUT2D eigenvalue weighted by Gasteiger charge is -2.44. The van der Waals surface area contributed by atoms with Gasteiger partial charge in [-0.25, -0.2) is 0 Å². The largest absolute Gasteiger partial charge is 0.346 e. The van der Waals surface area contributed by atoms with Crippen molar-refractivity contribution < 1.29 is 9.53 Å². The smallest absolute Gasteiger partial charge is 0.280 e. The van der Waals surface area contributed by atoms with Crippen LogP contribution in [0.2, 0.25) is 0 Å². The van der Waals surface area contributed by atoms with Crippen molar-refractivity contribution in [2.24, 2.45) is 0 Å². The Morgan fingerprint density at radius 1 is 1.41 bits per heavy atom. The summed E-state index contributed by atoms with van der Waals surface area (Å²) in [5.74, 6) is 0.516. The molecular formula is C18H24N2O2. The molecule has 4 rings (SSSR count). The SMILES string of the molecule is CCc1cc2c3c(c1)[C@@]1(NCCO1)C(=O)N3C(C)(C)C[C@@H]2C. The number of carbonyl (C=O) groups excluding carboxylic acids is 1. The van der Waals surface area contributed by atoms with E-state index in [4.69, 9.17) is 4.74 Å². The van der Waals surface area contributed by atoms with E-state index in [9.17, 15) is 4.79 Å². The fourth-order valence-electron chi connectivity index (χ4n) is 4.51. The van der Waals surface area contributed by atoms with Crippen LogP contribution < -0.4 is 10.2 Å². The lowest BCUT2D eigenvalue weighted by molar-refractivity contribution is -0.141. The van der Waals surface area contributed by atoms with E-state index in [1.807, 2.05) is 4.90 Å². The molecule has 3 aliphatic heterocycles. The van der Waals surface area contributed by atoms with Crippen LogP contribution in [0.3, 0.4) is 0 Å². The molecule has 1 amide bonds. The van der Waals surface area contributed by atoms with Gasteiger partial charge in [-0.1, -0.05) is 19.9 Å².